The lowest BCUT2D eigenvalue weighted by Gasteiger charge is -2.00. The van der Waals surface area contributed by atoms with Crippen LogP contribution in [-0.2, 0) is 0 Å². The molecule has 0 unspecified atom stereocenters. The molecule has 0 radical (unpaired) electrons. The van der Waals surface area contributed by atoms with Gasteiger partial charge >= 0.3 is 0 Å². The molecule has 2 rings (SSSR count). The Morgan fingerprint density at radius 3 is 2.69 bits per heavy atom. The summed E-state index contributed by atoms with van der Waals surface area (Å²) in [6.45, 7) is 3.49. The summed E-state index contributed by atoms with van der Waals surface area (Å²) in [5, 5.41) is 0.849. The van der Waals surface area contributed by atoms with E-state index in [0.29, 0.717) is 16.0 Å². The Hall–Kier alpha value is -1.55. The molecule has 0 saturated heterocycles. The lowest BCUT2D eigenvalue weighted by Crippen LogP contribution is -1.99. The molecule has 0 N–H and O–H groups in total. The number of carbonyl (C=O) groups is 1. The predicted octanol–water partition coefficient (Wildman–Crippen LogP) is 3.13. The zero-order valence-electron chi connectivity index (χ0n) is 8.95. The van der Waals surface area contributed by atoms with E-state index in [2.05, 4.69) is 4.98 Å². The van der Waals surface area contributed by atoms with Crippen LogP contribution in [0.3, 0.4) is 0 Å². The smallest absolute Gasteiger partial charge is 0.204 e. The average molecular weight is 235 g/mol. The van der Waals surface area contributed by atoms with E-state index in [9.17, 15) is 9.18 Å². The maximum Gasteiger partial charge on any atom is 0.204 e. The molecule has 0 bridgehead atoms. The minimum absolute atomic E-state index is 0.103. The van der Waals surface area contributed by atoms with Gasteiger partial charge in [0.25, 0.3) is 0 Å². The van der Waals surface area contributed by atoms with E-state index in [0.717, 1.165) is 5.01 Å². The number of ketones is 1. The van der Waals surface area contributed by atoms with Crippen LogP contribution < -0.4 is 0 Å². The lowest BCUT2D eigenvalue weighted by molar-refractivity contribution is 0.104. The number of aromatic nitrogens is 1. The third kappa shape index (κ3) is 2.02. The van der Waals surface area contributed by atoms with Gasteiger partial charge in [0.05, 0.1) is 9.88 Å². The number of thiazole rings is 1. The van der Waals surface area contributed by atoms with Crippen LogP contribution in [0.25, 0.3) is 0 Å². The van der Waals surface area contributed by atoms with Gasteiger partial charge in [0, 0.05) is 11.8 Å². The molecule has 1 aromatic carbocycles. The Labute approximate surface area is 96.8 Å². The fourth-order valence-electron chi connectivity index (χ4n) is 1.39. The summed E-state index contributed by atoms with van der Waals surface area (Å²) in [7, 11) is 0. The average Bonchev–Trinajstić information content (AvgIpc) is 2.68. The molecule has 82 valence electrons. The first kappa shape index (κ1) is 11.0. The van der Waals surface area contributed by atoms with E-state index in [1.807, 2.05) is 6.92 Å². The number of rotatable bonds is 2. The Morgan fingerprint density at radius 2 is 2.12 bits per heavy atom. The molecule has 0 aliphatic heterocycles. The van der Waals surface area contributed by atoms with E-state index in [1.165, 1.54) is 23.5 Å². The fourth-order valence-corrected chi connectivity index (χ4v) is 2.13. The number of carbonyl (C=O) groups excluding carboxylic acids is 1. The Morgan fingerprint density at radius 1 is 1.38 bits per heavy atom. The maximum absolute atomic E-state index is 13.0. The van der Waals surface area contributed by atoms with Crippen molar-refractivity contribution in [1.29, 1.82) is 0 Å². The molecule has 16 heavy (non-hydrogen) atoms. The van der Waals surface area contributed by atoms with E-state index >= 15 is 0 Å². The van der Waals surface area contributed by atoms with Crippen LogP contribution in [0.4, 0.5) is 4.39 Å². The van der Waals surface area contributed by atoms with E-state index in [1.54, 1.807) is 19.2 Å². The summed E-state index contributed by atoms with van der Waals surface area (Å²) in [6, 6.07) is 4.38. The van der Waals surface area contributed by atoms with Crippen molar-refractivity contribution in [2.75, 3.05) is 0 Å². The van der Waals surface area contributed by atoms with Crippen molar-refractivity contribution in [3.8, 4) is 0 Å². The first-order valence-electron chi connectivity index (χ1n) is 4.81. The summed E-state index contributed by atoms with van der Waals surface area (Å²) < 4.78 is 13.0. The molecule has 0 aliphatic rings. The first-order chi connectivity index (χ1) is 7.58. The Bertz CT molecular complexity index is 548. The molecular formula is C12H10FNOS. The van der Waals surface area contributed by atoms with Crippen molar-refractivity contribution >= 4 is 17.1 Å². The topological polar surface area (TPSA) is 30.0 Å². The summed E-state index contributed by atoms with van der Waals surface area (Å²) in [6.07, 6.45) is 1.56. The van der Waals surface area contributed by atoms with Crippen molar-refractivity contribution in [2.45, 2.75) is 13.8 Å². The summed E-state index contributed by atoms with van der Waals surface area (Å²) >= 11 is 1.35. The first-order valence-corrected chi connectivity index (χ1v) is 5.63. The second-order valence-electron chi connectivity index (χ2n) is 3.54. The van der Waals surface area contributed by atoms with Crippen LogP contribution in [-0.4, -0.2) is 10.8 Å². The number of hydrogen-bond donors (Lipinski definition) is 0. The molecule has 2 aromatic rings. The van der Waals surface area contributed by atoms with Gasteiger partial charge in [-0.25, -0.2) is 9.37 Å². The number of benzene rings is 1. The second kappa shape index (κ2) is 4.14. The van der Waals surface area contributed by atoms with Crippen molar-refractivity contribution in [2.24, 2.45) is 0 Å². The quantitative estimate of drug-likeness (QED) is 0.748. The molecule has 0 aliphatic carbocycles. The minimum atomic E-state index is -0.294. The van der Waals surface area contributed by atoms with E-state index in [4.69, 9.17) is 0 Å². The summed E-state index contributed by atoms with van der Waals surface area (Å²) in [4.78, 5) is 16.6. The maximum atomic E-state index is 13.0. The monoisotopic (exact) mass is 235 g/mol. The number of hydrogen-bond acceptors (Lipinski definition) is 3. The van der Waals surface area contributed by atoms with Crippen molar-refractivity contribution < 1.29 is 9.18 Å². The van der Waals surface area contributed by atoms with Gasteiger partial charge in [-0.15, -0.1) is 11.3 Å². The van der Waals surface area contributed by atoms with Crippen LogP contribution in [0, 0.1) is 19.7 Å². The molecular weight excluding hydrogens is 225 g/mol. The second-order valence-corrected chi connectivity index (χ2v) is 4.77. The van der Waals surface area contributed by atoms with Gasteiger partial charge in [-0.3, -0.25) is 4.79 Å². The van der Waals surface area contributed by atoms with Gasteiger partial charge in [0.15, 0.2) is 0 Å². The zero-order chi connectivity index (χ0) is 11.7. The fraction of sp³-hybridized carbons (Fsp3) is 0.167. The minimum Gasteiger partial charge on any atom is -0.288 e. The molecule has 1 aromatic heterocycles. The molecule has 4 heteroatoms. The Balaban J connectivity index is 2.38. The van der Waals surface area contributed by atoms with Crippen molar-refractivity contribution in [1.82, 2.24) is 4.98 Å². The summed E-state index contributed by atoms with van der Waals surface area (Å²) in [5.74, 6) is -0.397. The van der Waals surface area contributed by atoms with Crippen LogP contribution in [0.5, 0.6) is 0 Å². The zero-order valence-corrected chi connectivity index (χ0v) is 9.77. The van der Waals surface area contributed by atoms with Gasteiger partial charge < -0.3 is 0 Å². The highest BCUT2D eigenvalue weighted by Crippen LogP contribution is 2.18. The van der Waals surface area contributed by atoms with Gasteiger partial charge in [-0.2, -0.15) is 0 Å². The molecule has 0 amide bonds. The van der Waals surface area contributed by atoms with Crippen molar-refractivity contribution in [3.05, 3.63) is 51.2 Å². The summed E-state index contributed by atoms with van der Waals surface area (Å²) in [5.41, 5.74) is 0.981. The number of halogens is 1. The van der Waals surface area contributed by atoms with Crippen LogP contribution in [0.1, 0.15) is 25.8 Å². The molecule has 2 nitrogen and oxygen atoms in total. The predicted molar refractivity (Wildman–Crippen MR) is 61.4 cm³/mol. The standard InChI is InChI=1S/C12H10FNOS/c1-7-5-9(3-4-10(7)13)12(15)11-6-14-8(2)16-11/h3-6H,1-2H3. The van der Waals surface area contributed by atoms with Gasteiger partial charge in [0.1, 0.15) is 5.82 Å². The normalized spacial score (nSPS) is 10.4. The van der Waals surface area contributed by atoms with Crippen LogP contribution in [0.15, 0.2) is 24.4 Å². The Kier molecular flexibility index (Phi) is 2.83. The molecule has 0 atom stereocenters. The SMILES string of the molecule is Cc1ncc(C(=O)c2ccc(F)c(C)c2)s1. The van der Waals surface area contributed by atoms with Crippen LogP contribution >= 0.6 is 11.3 Å². The van der Waals surface area contributed by atoms with Gasteiger partial charge in [0.2, 0.25) is 5.78 Å². The molecule has 0 spiro atoms. The van der Waals surface area contributed by atoms with Crippen molar-refractivity contribution in [3.63, 3.8) is 0 Å². The third-order valence-corrected chi connectivity index (χ3v) is 3.18. The van der Waals surface area contributed by atoms with Crippen LogP contribution in [0.2, 0.25) is 0 Å². The largest absolute Gasteiger partial charge is 0.288 e. The molecule has 0 saturated carbocycles. The highest BCUT2D eigenvalue weighted by atomic mass is 32.1. The molecule has 0 fully saturated rings. The third-order valence-electron chi connectivity index (χ3n) is 2.27. The molecule has 1 heterocycles. The highest BCUT2D eigenvalue weighted by Gasteiger charge is 2.12. The van der Waals surface area contributed by atoms with E-state index in [-0.39, 0.29) is 11.6 Å². The lowest BCUT2D eigenvalue weighted by atomic mass is 10.1. The number of aryl methyl sites for hydroxylation is 2. The highest BCUT2D eigenvalue weighted by molar-refractivity contribution is 7.13. The van der Waals surface area contributed by atoms with Gasteiger partial charge in [-0.1, -0.05) is 0 Å². The number of nitrogens with zero attached hydrogens (tertiary/aromatic N) is 1. The van der Waals surface area contributed by atoms with Gasteiger partial charge in [-0.05, 0) is 37.6 Å². The van der Waals surface area contributed by atoms with E-state index < -0.39 is 0 Å².